The van der Waals surface area contributed by atoms with Gasteiger partial charge in [0.2, 0.25) is 0 Å². The summed E-state index contributed by atoms with van der Waals surface area (Å²) < 4.78 is 5.46. The number of nitrogens with one attached hydrogen (secondary N) is 1. The summed E-state index contributed by atoms with van der Waals surface area (Å²) in [6.45, 7) is 2.67. The van der Waals surface area contributed by atoms with E-state index in [2.05, 4.69) is 10.7 Å². The highest BCUT2D eigenvalue weighted by Crippen LogP contribution is 2.30. The molecular weight excluding hydrogens is 478 g/mol. The zero-order valence-corrected chi connectivity index (χ0v) is 20.6. The number of carboxylic acids is 3. The van der Waals surface area contributed by atoms with Crippen LogP contribution in [-0.4, -0.2) is 132 Å². The Labute approximate surface area is 208 Å². The number of thioether (sulfide) groups is 1. The number of carbonyl (C=O) groups is 3. The lowest BCUT2D eigenvalue weighted by Crippen LogP contribution is -2.51. The molecule has 1 saturated heterocycles. The molecule has 2 rings (SSSR count). The average molecular weight is 512 g/mol. The lowest BCUT2D eigenvalue weighted by atomic mass is 9.96. The van der Waals surface area contributed by atoms with E-state index >= 15 is 0 Å². The second kappa shape index (κ2) is 14.7. The maximum atomic E-state index is 12.5. The third-order valence-corrected chi connectivity index (χ3v) is 6.57. The molecule has 1 aliphatic carbocycles. The van der Waals surface area contributed by atoms with Crippen molar-refractivity contribution in [2.45, 2.75) is 17.7 Å². The van der Waals surface area contributed by atoms with Crippen LogP contribution in [0.15, 0.2) is 23.5 Å². The van der Waals surface area contributed by atoms with Gasteiger partial charge >= 0.3 is 17.9 Å². The van der Waals surface area contributed by atoms with E-state index in [0.717, 1.165) is 11.8 Å². The zero-order chi connectivity index (χ0) is 25.8. The van der Waals surface area contributed by atoms with Gasteiger partial charge in [0.1, 0.15) is 17.2 Å². The monoisotopic (exact) mass is 511 g/mol. The van der Waals surface area contributed by atoms with Gasteiger partial charge in [-0.3, -0.25) is 29.1 Å². The third kappa shape index (κ3) is 9.50. The van der Waals surface area contributed by atoms with Crippen molar-refractivity contribution in [2.24, 2.45) is 0 Å². The van der Waals surface area contributed by atoms with Crippen LogP contribution in [0.25, 0.3) is 0 Å². The van der Waals surface area contributed by atoms with Crippen LogP contribution < -0.4 is 5.32 Å². The molecule has 12 nitrogen and oxygen atoms in total. The van der Waals surface area contributed by atoms with E-state index in [1.165, 1.54) is 7.11 Å². The third-order valence-electron chi connectivity index (χ3n) is 5.84. The first-order valence-electron chi connectivity index (χ1n) is 11.3. The zero-order valence-electron chi connectivity index (χ0n) is 19.8. The molecule has 4 N–H and O–H groups in total. The smallest absolute Gasteiger partial charge is 0.325 e. The van der Waals surface area contributed by atoms with Crippen molar-refractivity contribution in [3.05, 3.63) is 23.5 Å². The molecule has 13 heteroatoms. The Hall–Kier alpha value is -2.63. The molecule has 1 heterocycles. The maximum Gasteiger partial charge on any atom is 0.325 e. The fraction of sp³-hybridized carbons (Fsp3) is 0.636. The summed E-state index contributed by atoms with van der Waals surface area (Å²) in [4.78, 5) is 40.3. The number of nitrogens with zero attached hydrogens (tertiary/aromatic N) is 4. The van der Waals surface area contributed by atoms with Crippen molar-refractivity contribution < 1.29 is 34.4 Å². The van der Waals surface area contributed by atoms with Crippen LogP contribution in [0.2, 0.25) is 0 Å². The Balaban J connectivity index is 2.28. The summed E-state index contributed by atoms with van der Waals surface area (Å²) in [7, 11) is 1.48. The van der Waals surface area contributed by atoms with E-state index in [4.69, 9.17) is 15.1 Å². The molecule has 0 radical (unpaired) electrons. The van der Waals surface area contributed by atoms with Crippen molar-refractivity contribution in [2.75, 3.05) is 72.6 Å². The SMILES string of the molecule is COC1=CCC(SC#N)C=C1C(C(=O)O)N1CCNCCN(CC(=O)O)CCN(CC(=O)O)CC1. The lowest BCUT2D eigenvalue weighted by molar-refractivity contribution is -0.142. The standard InChI is InChI=1S/C22H33N5O7S/c1-34-18-3-2-16(35-15-23)12-17(18)21(22(32)33)27-7-5-24-4-6-25(13-19(28)29)8-9-26(10-11-27)14-20(30)31/h3,12,16,21,24H,2,4-11,13-14H2,1H3,(H,28,29)(H,30,31)(H,32,33). The normalized spacial score (nSPS) is 22.5. The summed E-state index contributed by atoms with van der Waals surface area (Å²) in [5.74, 6) is -2.57. The van der Waals surface area contributed by atoms with E-state index in [1.54, 1.807) is 26.9 Å². The van der Waals surface area contributed by atoms with Crippen molar-refractivity contribution >= 4 is 29.7 Å². The molecule has 0 aromatic rings. The fourth-order valence-corrected chi connectivity index (χ4v) is 4.73. The number of carboxylic acid groups (broad SMARTS) is 3. The highest BCUT2D eigenvalue weighted by Gasteiger charge is 2.34. The predicted octanol–water partition coefficient (Wildman–Crippen LogP) is -0.439. The molecule has 194 valence electrons. The van der Waals surface area contributed by atoms with Crippen LogP contribution in [0, 0.1) is 10.7 Å². The van der Waals surface area contributed by atoms with Gasteiger partial charge in [0.15, 0.2) is 0 Å². The first-order valence-corrected chi connectivity index (χ1v) is 12.2. The van der Waals surface area contributed by atoms with Crippen molar-refractivity contribution in [3.8, 4) is 5.40 Å². The number of thiocyanates is 1. The van der Waals surface area contributed by atoms with Gasteiger partial charge in [0.05, 0.1) is 20.2 Å². The number of ether oxygens (including phenoxy) is 1. The number of rotatable bonds is 9. The first kappa shape index (κ1) is 28.6. The number of aliphatic carboxylic acids is 3. The minimum Gasteiger partial charge on any atom is -0.497 e. The highest BCUT2D eigenvalue weighted by molar-refractivity contribution is 8.04. The Morgan fingerprint density at radius 3 is 2.26 bits per heavy atom. The summed E-state index contributed by atoms with van der Waals surface area (Å²) in [6, 6.07) is -1.04. The molecule has 0 spiro atoms. The molecule has 1 aliphatic heterocycles. The summed E-state index contributed by atoms with van der Waals surface area (Å²) in [5.41, 5.74) is 0.475. The van der Waals surface area contributed by atoms with Gasteiger partial charge in [-0.2, -0.15) is 5.26 Å². The fourth-order valence-electron chi connectivity index (χ4n) is 4.18. The Morgan fingerprint density at radius 1 is 1.09 bits per heavy atom. The van der Waals surface area contributed by atoms with Gasteiger partial charge in [-0.1, -0.05) is 6.08 Å². The highest BCUT2D eigenvalue weighted by atomic mass is 32.2. The molecule has 0 aromatic carbocycles. The van der Waals surface area contributed by atoms with Crippen LogP contribution >= 0.6 is 11.8 Å². The molecule has 2 atom stereocenters. The minimum absolute atomic E-state index is 0.141. The summed E-state index contributed by atoms with van der Waals surface area (Å²) in [6.07, 6.45) is 4.12. The summed E-state index contributed by atoms with van der Waals surface area (Å²) >= 11 is 1.06. The molecule has 0 aromatic heterocycles. The van der Waals surface area contributed by atoms with E-state index in [9.17, 15) is 24.6 Å². The number of methoxy groups -OCH3 is 1. The lowest BCUT2D eigenvalue weighted by Gasteiger charge is -2.35. The van der Waals surface area contributed by atoms with Gasteiger partial charge in [-0.25, -0.2) is 0 Å². The molecule has 1 fully saturated rings. The molecule has 35 heavy (non-hydrogen) atoms. The quantitative estimate of drug-likeness (QED) is 0.295. The van der Waals surface area contributed by atoms with E-state index in [0.29, 0.717) is 57.0 Å². The predicted molar refractivity (Wildman–Crippen MR) is 129 cm³/mol. The van der Waals surface area contributed by atoms with Gasteiger partial charge < -0.3 is 25.4 Å². The average Bonchev–Trinajstić information content (AvgIpc) is 2.78. The minimum atomic E-state index is -1.06. The Morgan fingerprint density at radius 2 is 1.69 bits per heavy atom. The van der Waals surface area contributed by atoms with Crippen LogP contribution in [0.1, 0.15) is 6.42 Å². The number of hydrogen-bond acceptors (Lipinski definition) is 10. The first-order chi connectivity index (χ1) is 16.7. The maximum absolute atomic E-state index is 12.5. The number of allylic oxidation sites excluding steroid dienone is 1. The van der Waals surface area contributed by atoms with Crippen LogP contribution in [-0.2, 0) is 19.1 Å². The largest absolute Gasteiger partial charge is 0.497 e. The second-order valence-corrected chi connectivity index (χ2v) is 9.27. The Kier molecular flexibility index (Phi) is 12.0. The molecular formula is C22H33N5O7S. The van der Waals surface area contributed by atoms with Crippen molar-refractivity contribution in [3.63, 3.8) is 0 Å². The van der Waals surface area contributed by atoms with Crippen molar-refractivity contribution in [1.29, 1.82) is 5.26 Å². The van der Waals surface area contributed by atoms with Crippen molar-refractivity contribution in [1.82, 2.24) is 20.0 Å². The van der Waals surface area contributed by atoms with Gasteiger partial charge in [-0.15, -0.1) is 0 Å². The van der Waals surface area contributed by atoms with Crippen LogP contribution in [0.4, 0.5) is 0 Å². The number of nitriles is 1. The van der Waals surface area contributed by atoms with E-state index in [1.807, 2.05) is 0 Å². The van der Waals surface area contributed by atoms with E-state index in [-0.39, 0.29) is 31.4 Å². The van der Waals surface area contributed by atoms with Crippen LogP contribution in [0.3, 0.4) is 0 Å². The van der Waals surface area contributed by atoms with E-state index < -0.39 is 23.9 Å². The second-order valence-electron chi connectivity index (χ2n) is 8.24. The van der Waals surface area contributed by atoms with Gasteiger partial charge in [0.25, 0.3) is 0 Å². The number of hydrogen-bond donors (Lipinski definition) is 4. The molecule has 2 unspecified atom stereocenters. The molecule has 0 saturated carbocycles. The van der Waals surface area contributed by atoms with Gasteiger partial charge in [0, 0.05) is 63.2 Å². The van der Waals surface area contributed by atoms with Crippen LogP contribution in [0.5, 0.6) is 0 Å². The molecule has 0 amide bonds. The molecule has 2 aliphatic rings. The Bertz CT molecular complexity index is 860. The summed E-state index contributed by atoms with van der Waals surface area (Å²) in [5, 5.41) is 42.9. The topological polar surface area (TPSA) is 167 Å². The molecule has 0 bridgehead atoms. The van der Waals surface area contributed by atoms with Gasteiger partial charge in [-0.05, 0) is 24.3 Å².